The molecule has 1 aromatic heterocycles. The van der Waals surface area contributed by atoms with Crippen molar-refractivity contribution in [3.8, 4) is 11.4 Å². The summed E-state index contributed by atoms with van der Waals surface area (Å²) < 4.78 is 6.46. The average Bonchev–Trinajstić information content (AvgIpc) is 3.30. The fourth-order valence-electron chi connectivity index (χ4n) is 3.85. The Hall–Kier alpha value is -1.58. The molecule has 1 amide bonds. The van der Waals surface area contributed by atoms with Gasteiger partial charge in [-0.05, 0) is 61.3 Å². The molecule has 0 saturated carbocycles. The zero-order chi connectivity index (χ0) is 23.9. The Morgan fingerprint density at radius 3 is 2.82 bits per heavy atom. The number of carbonyl (C=O) groups excluding carboxylic acids is 1. The summed E-state index contributed by atoms with van der Waals surface area (Å²) in [4.78, 5) is 19.4. The second kappa shape index (κ2) is 12.4. The molecule has 0 aliphatic carbocycles. The summed E-state index contributed by atoms with van der Waals surface area (Å²) >= 11 is 17.2. The number of hydrogen-bond acceptors (Lipinski definition) is 6. The van der Waals surface area contributed by atoms with E-state index in [0.717, 1.165) is 46.5 Å². The Labute approximate surface area is 221 Å². The van der Waals surface area contributed by atoms with Gasteiger partial charge in [-0.15, -0.1) is 0 Å². The molecule has 1 aliphatic rings. The van der Waals surface area contributed by atoms with Gasteiger partial charge in [0.1, 0.15) is 0 Å². The molecule has 0 bridgehead atoms. The van der Waals surface area contributed by atoms with Crippen molar-refractivity contribution in [3.05, 3.63) is 68.4 Å². The van der Waals surface area contributed by atoms with Gasteiger partial charge >= 0.3 is 0 Å². The minimum absolute atomic E-state index is 0.0253. The van der Waals surface area contributed by atoms with Crippen LogP contribution in [0.4, 0.5) is 0 Å². The first-order valence-corrected chi connectivity index (χ1v) is 13.8. The SMILES string of the molecule is O=C(NCCSCc1ccc(Cl)c(Cl)c1)C1CCCN(Cc2nc(-c3ccc(Br)cc3)no2)C1. The van der Waals surface area contributed by atoms with E-state index in [0.29, 0.717) is 41.4 Å². The molecule has 10 heteroatoms. The zero-order valence-electron chi connectivity index (χ0n) is 18.5. The number of piperidine rings is 1. The highest BCUT2D eigenvalue weighted by molar-refractivity contribution is 9.10. The van der Waals surface area contributed by atoms with E-state index in [2.05, 4.69) is 36.3 Å². The van der Waals surface area contributed by atoms with Crippen molar-refractivity contribution in [1.82, 2.24) is 20.4 Å². The molecular weight excluding hydrogens is 559 g/mol. The lowest BCUT2D eigenvalue weighted by Gasteiger charge is -2.30. The van der Waals surface area contributed by atoms with Crippen LogP contribution in [0.15, 0.2) is 51.5 Å². The molecule has 180 valence electrons. The third kappa shape index (κ3) is 7.21. The van der Waals surface area contributed by atoms with Crippen LogP contribution in [0.3, 0.4) is 0 Å². The van der Waals surface area contributed by atoms with Gasteiger partial charge in [0.15, 0.2) is 0 Å². The number of nitrogens with zero attached hydrogens (tertiary/aromatic N) is 3. The van der Waals surface area contributed by atoms with E-state index in [1.165, 1.54) is 0 Å². The predicted molar refractivity (Wildman–Crippen MR) is 141 cm³/mol. The summed E-state index contributed by atoms with van der Waals surface area (Å²) in [5.41, 5.74) is 2.03. The van der Waals surface area contributed by atoms with Crippen LogP contribution in [-0.4, -0.2) is 46.3 Å². The molecule has 1 unspecified atom stereocenters. The number of rotatable bonds is 9. The first kappa shape index (κ1) is 25.5. The molecule has 0 spiro atoms. The molecule has 1 N–H and O–H groups in total. The van der Waals surface area contributed by atoms with E-state index in [4.69, 9.17) is 27.7 Å². The Bertz CT molecular complexity index is 1110. The van der Waals surface area contributed by atoms with Crippen LogP contribution in [0.2, 0.25) is 10.0 Å². The van der Waals surface area contributed by atoms with Crippen LogP contribution in [0.25, 0.3) is 11.4 Å². The third-order valence-electron chi connectivity index (χ3n) is 5.60. The van der Waals surface area contributed by atoms with Gasteiger partial charge in [0.05, 0.1) is 22.5 Å². The zero-order valence-corrected chi connectivity index (χ0v) is 22.4. The molecule has 1 fully saturated rings. The highest BCUT2D eigenvalue weighted by Crippen LogP contribution is 2.25. The maximum Gasteiger partial charge on any atom is 0.241 e. The van der Waals surface area contributed by atoms with E-state index in [-0.39, 0.29) is 11.8 Å². The minimum atomic E-state index is -0.0253. The molecule has 2 aromatic carbocycles. The van der Waals surface area contributed by atoms with Crippen molar-refractivity contribution < 1.29 is 9.32 Å². The van der Waals surface area contributed by atoms with Crippen LogP contribution >= 0.6 is 50.9 Å². The fourth-order valence-corrected chi connectivity index (χ4v) is 5.24. The van der Waals surface area contributed by atoms with E-state index in [1.54, 1.807) is 11.8 Å². The number of hydrogen-bond donors (Lipinski definition) is 1. The molecule has 6 nitrogen and oxygen atoms in total. The van der Waals surface area contributed by atoms with Gasteiger partial charge in [-0.25, -0.2) is 0 Å². The van der Waals surface area contributed by atoms with Gasteiger partial charge in [-0.1, -0.05) is 50.4 Å². The second-order valence-corrected chi connectivity index (χ2v) is 11.0. The smallest absolute Gasteiger partial charge is 0.241 e. The number of halogens is 3. The lowest BCUT2D eigenvalue weighted by Crippen LogP contribution is -2.43. The number of thioether (sulfide) groups is 1. The van der Waals surface area contributed by atoms with E-state index < -0.39 is 0 Å². The van der Waals surface area contributed by atoms with Gasteiger partial charge in [0.2, 0.25) is 17.6 Å². The monoisotopic (exact) mass is 582 g/mol. The van der Waals surface area contributed by atoms with Crippen LogP contribution in [0, 0.1) is 5.92 Å². The van der Waals surface area contributed by atoms with Gasteiger partial charge in [-0.3, -0.25) is 9.69 Å². The fraction of sp³-hybridized carbons (Fsp3) is 0.375. The van der Waals surface area contributed by atoms with Crippen LogP contribution in [0.1, 0.15) is 24.3 Å². The quantitative estimate of drug-likeness (QED) is 0.308. The number of amides is 1. The lowest BCUT2D eigenvalue weighted by molar-refractivity contribution is -0.126. The summed E-state index contributed by atoms with van der Waals surface area (Å²) in [5, 5.41) is 8.32. The molecule has 3 aromatic rings. The van der Waals surface area contributed by atoms with Crippen molar-refractivity contribution in [2.45, 2.75) is 25.1 Å². The largest absolute Gasteiger partial charge is 0.355 e. The summed E-state index contributed by atoms with van der Waals surface area (Å²) in [6.07, 6.45) is 1.87. The number of likely N-dealkylation sites (tertiary alicyclic amines) is 1. The van der Waals surface area contributed by atoms with Crippen molar-refractivity contribution in [3.63, 3.8) is 0 Å². The molecular formula is C24H25BrCl2N4O2S. The lowest BCUT2D eigenvalue weighted by atomic mass is 9.97. The first-order valence-electron chi connectivity index (χ1n) is 11.1. The third-order valence-corrected chi connectivity index (χ3v) is 7.90. The summed E-state index contributed by atoms with van der Waals surface area (Å²) in [5.74, 6) is 2.90. The van der Waals surface area contributed by atoms with E-state index in [9.17, 15) is 4.79 Å². The van der Waals surface area contributed by atoms with Crippen LogP contribution < -0.4 is 5.32 Å². The molecule has 2 heterocycles. The van der Waals surface area contributed by atoms with Gasteiger partial charge in [-0.2, -0.15) is 16.7 Å². The van der Waals surface area contributed by atoms with Crippen molar-refractivity contribution in [2.24, 2.45) is 5.92 Å². The van der Waals surface area contributed by atoms with E-state index >= 15 is 0 Å². The Morgan fingerprint density at radius 1 is 1.21 bits per heavy atom. The maximum atomic E-state index is 12.7. The van der Waals surface area contributed by atoms with Crippen LogP contribution in [-0.2, 0) is 17.1 Å². The van der Waals surface area contributed by atoms with Gasteiger partial charge in [0.25, 0.3) is 0 Å². The first-order chi connectivity index (χ1) is 16.5. The topological polar surface area (TPSA) is 71.3 Å². The van der Waals surface area contributed by atoms with Gasteiger partial charge in [0, 0.05) is 34.6 Å². The van der Waals surface area contributed by atoms with Crippen LogP contribution in [0.5, 0.6) is 0 Å². The van der Waals surface area contributed by atoms with E-state index in [1.807, 2.05) is 42.5 Å². The Balaban J connectivity index is 1.19. The highest BCUT2D eigenvalue weighted by Gasteiger charge is 2.26. The minimum Gasteiger partial charge on any atom is -0.355 e. The van der Waals surface area contributed by atoms with Crippen molar-refractivity contribution >= 4 is 56.8 Å². The maximum absolute atomic E-state index is 12.7. The summed E-state index contributed by atoms with van der Waals surface area (Å²) in [6, 6.07) is 13.5. The number of benzene rings is 2. The summed E-state index contributed by atoms with van der Waals surface area (Å²) in [6.45, 7) is 2.80. The van der Waals surface area contributed by atoms with Crippen molar-refractivity contribution in [2.75, 3.05) is 25.4 Å². The second-order valence-electron chi connectivity index (χ2n) is 8.18. The summed E-state index contributed by atoms with van der Waals surface area (Å²) in [7, 11) is 0. The highest BCUT2D eigenvalue weighted by atomic mass is 79.9. The number of aromatic nitrogens is 2. The van der Waals surface area contributed by atoms with Crippen molar-refractivity contribution in [1.29, 1.82) is 0 Å². The Kier molecular flexibility index (Phi) is 9.31. The number of carbonyl (C=O) groups is 1. The number of nitrogens with one attached hydrogen (secondary N) is 1. The molecule has 1 saturated heterocycles. The Morgan fingerprint density at radius 2 is 2.03 bits per heavy atom. The molecule has 4 rings (SSSR count). The standard InChI is InChI=1S/C24H25BrCl2N4O2S/c25-19-6-4-17(5-7-19)23-29-22(33-30-23)14-31-10-1-2-18(13-31)24(32)28-9-11-34-15-16-3-8-20(26)21(27)12-16/h3-8,12,18H,1-2,9-11,13-15H2,(H,28,32). The molecule has 1 aliphatic heterocycles. The molecule has 0 radical (unpaired) electrons. The molecule has 1 atom stereocenters. The predicted octanol–water partition coefficient (Wildman–Crippen LogP) is 6.07. The normalized spacial score (nSPS) is 16.5. The molecule has 34 heavy (non-hydrogen) atoms. The average molecular weight is 584 g/mol. The van der Waals surface area contributed by atoms with Gasteiger partial charge < -0.3 is 9.84 Å².